The molecule has 0 radical (unpaired) electrons. The number of nitrogens with zero attached hydrogens (tertiary/aromatic N) is 2. The molecule has 0 atom stereocenters. The Morgan fingerprint density at radius 2 is 2.04 bits per heavy atom. The van der Waals surface area contributed by atoms with Gasteiger partial charge in [-0.1, -0.05) is 42.4 Å². The summed E-state index contributed by atoms with van der Waals surface area (Å²) in [4.78, 5) is 12.1. The van der Waals surface area contributed by atoms with E-state index in [1.807, 2.05) is 25.1 Å². The molecular weight excluding hydrogens is 342 g/mol. The van der Waals surface area contributed by atoms with Crippen LogP contribution in [0.25, 0.3) is 6.08 Å². The standard InChI is InChI=1S/C17H21N3O4S/c1-3-10-20(13-17(21)18-16-12-14(2)24-19-16)25(22,23)11-9-15-7-5-4-6-8-15/h4-9,11-12H,3,10,13H2,1-2H3,(H,18,19,21)/b11-9+. The molecule has 1 amide bonds. The molecule has 7 nitrogen and oxygen atoms in total. The fraction of sp³-hybridized carbons (Fsp3) is 0.294. The van der Waals surface area contributed by atoms with Crippen LogP contribution >= 0.6 is 0 Å². The average Bonchev–Trinajstić information content (AvgIpc) is 2.98. The summed E-state index contributed by atoms with van der Waals surface area (Å²) in [5, 5.41) is 7.30. The number of aromatic nitrogens is 1. The van der Waals surface area contributed by atoms with Crippen molar-refractivity contribution in [3.63, 3.8) is 0 Å². The van der Waals surface area contributed by atoms with Gasteiger partial charge in [0.1, 0.15) is 5.76 Å². The molecule has 0 saturated heterocycles. The van der Waals surface area contributed by atoms with Gasteiger partial charge in [0.2, 0.25) is 15.9 Å². The molecule has 134 valence electrons. The van der Waals surface area contributed by atoms with Crippen LogP contribution in [0.2, 0.25) is 0 Å². The van der Waals surface area contributed by atoms with Crippen LogP contribution in [0, 0.1) is 6.92 Å². The predicted octanol–water partition coefficient (Wildman–Crippen LogP) is 2.63. The Balaban J connectivity index is 2.07. The maximum absolute atomic E-state index is 12.5. The van der Waals surface area contributed by atoms with Gasteiger partial charge in [-0.2, -0.15) is 4.31 Å². The number of hydrogen-bond acceptors (Lipinski definition) is 5. The lowest BCUT2D eigenvalue weighted by Crippen LogP contribution is -2.37. The van der Waals surface area contributed by atoms with Crippen molar-refractivity contribution in [1.29, 1.82) is 0 Å². The van der Waals surface area contributed by atoms with Crippen molar-refractivity contribution in [3.8, 4) is 0 Å². The lowest BCUT2D eigenvalue weighted by atomic mass is 10.2. The Labute approximate surface area is 147 Å². The van der Waals surface area contributed by atoms with E-state index in [-0.39, 0.29) is 18.9 Å². The van der Waals surface area contributed by atoms with Crippen LogP contribution in [0.3, 0.4) is 0 Å². The first kappa shape index (κ1) is 18.9. The fourth-order valence-electron chi connectivity index (χ4n) is 2.13. The zero-order valence-electron chi connectivity index (χ0n) is 14.2. The molecule has 1 aromatic carbocycles. The Kier molecular flexibility index (Phi) is 6.49. The number of aryl methyl sites for hydroxylation is 1. The fourth-order valence-corrected chi connectivity index (χ4v) is 3.36. The van der Waals surface area contributed by atoms with Gasteiger partial charge < -0.3 is 9.84 Å². The third-order valence-corrected chi connectivity index (χ3v) is 4.79. The van der Waals surface area contributed by atoms with Crippen molar-refractivity contribution in [2.45, 2.75) is 20.3 Å². The van der Waals surface area contributed by atoms with Gasteiger partial charge in [0.15, 0.2) is 5.82 Å². The first-order valence-electron chi connectivity index (χ1n) is 7.87. The minimum absolute atomic E-state index is 0.243. The van der Waals surface area contributed by atoms with Crippen LogP contribution in [0.15, 0.2) is 46.3 Å². The summed E-state index contributed by atoms with van der Waals surface area (Å²) in [6, 6.07) is 10.7. The average molecular weight is 363 g/mol. The maximum atomic E-state index is 12.5. The molecule has 1 heterocycles. The number of rotatable bonds is 8. The van der Waals surface area contributed by atoms with Crippen LogP contribution in [0.5, 0.6) is 0 Å². The molecule has 0 aliphatic rings. The molecule has 1 N–H and O–H groups in total. The zero-order valence-corrected chi connectivity index (χ0v) is 15.0. The molecule has 25 heavy (non-hydrogen) atoms. The van der Waals surface area contributed by atoms with Crippen molar-refractivity contribution >= 4 is 27.8 Å². The number of benzene rings is 1. The van der Waals surface area contributed by atoms with Crippen molar-refractivity contribution in [2.75, 3.05) is 18.4 Å². The van der Waals surface area contributed by atoms with Crippen molar-refractivity contribution in [3.05, 3.63) is 53.1 Å². The van der Waals surface area contributed by atoms with Crippen molar-refractivity contribution in [1.82, 2.24) is 9.46 Å². The van der Waals surface area contributed by atoms with Gasteiger partial charge in [-0.3, -0.25) is 4.79 Å². The quantitative estimate of drug-likeness (QED) is 0.778. The van der Waals surface area contributed by atoms with Gasteiger partial charge in [-0.15, -0.1) is 0 Å². The summed E-state index contributed by atoms with van der Waals surface area (Å²) in [7, 11) is -3.72. The van der Waals surface area contributed by atoms with Gasteiger partial charge in [-0.25, -0.2) is 8.42 Å². The molecule has 2 aromatic rings. The monoisotopic (exact) mass is 363 g/mol. The summed E-state index contributed by atoms with van der Waals surface area (Å²) in [5.41, 5.74) is 0.769. The Morgan fingerprint density at radius 1 is 1.32 bits per heavy atom. The third-order valence-electron chi connectivity index (χ3n) is 3.28. The molecule has 0 aliphatic carbocycles. The Hall–Kier alpha value is -2.45. The molecule has 1 aromatic heterocycles. The lowest BCUT2D eigenvalue weighted by molar-refractivity contribution is -0.116. The van der Waals surface area contributed by atoms with Gasteiger partial charge in [-0.05, 0) is 25.0 Å². The molecule has 0 fully saturated rings. The maximum Gasteiger partial charge on any atom is 0.240 e. The summed E-state index contributed by atoms with van der Waals surface area (Å²) in [6.07, 6.45) is 2.10. The van der Waals surface area contributed by atoms with E-state index < -0.39 is 15.9 Å². The first-order valence-corrected chi connectivity index (χ1v) is 9.37. The van der Waals surface area contributed by atoms with E-state index in [0.717, 1.165) is 15.3 Å². The minimum atomic E-state index is -3.72. The highest BCUT2D eigenvalue weighted by molar-refractivity contribution is 7.92. The molecule has 0 saturated carbocycles. The van der Waals surface area contributed by atoms with E-state index in [4.69, 9.17) is 4.52 Å². The van der Waals surface area contributed by atoms with Gasteiger partial charge in [0.05, 0.1) is 6.54 Å². The molecule has 2 rings (SSSR count). The van der Waals surface area contributed by atoms with Gasteiger partial charge in [0.25, 0.3) is 0 Å². The minimum Gasteiger partial charge on any atom is -0.360 e. The second-order valence-electron chi connectivity index (χ2n) is 5.46. The molecular formula is C17H21N3O4S. The van der Waals surface area contributed by atoms with Crippen LogP contribution in [-0.4, -0.2) is 36.9 Å². The van der Waals surface area contributed by atoms with Crippen LogP contribution in [0.1, 0.15) is 24.7 Å². The van der Waals surface area contributed by atoms with E-state index >= 15 is 0 Å². The highest BCUT2D eigenvalue weighted by Crippen LogP contribution is 2.11. The van der Waals surface area contributed by atoms with E-state index in [1.165, 1.54) is 6.08 Å². The number of carbonyl (C=O) groups is 1. The largest absolute Gasteiger partial charge is 0.360 e. The van der Waals surface area contributed by atoms with Gasteiger partial charge in [0, 0.05) is 18.0 Å². The zero-order chi connectivity index (χ0) is 18.3. The second kappa shape index (κ2) is 8.59. The summed E-state index contributed by atoms with van der Waals surface area (Å²) in [5.74, 6) is 0.341. The number of sulfonamides is 1. The number of carbonyl (C=O) groups excluding carboxylic acids is 1. The molecule has 0 unspecified atom stereocenters. The molecule has 8 heteroatoms. The van der Waals surface area contributed by atoms with Gasteiger partial charge >= 0.3 is 0 Å². The number of anilines is 1. The predicted molar refractivity (Wildman–Crippen MR) is 96.1 cm³/mol. The molecule has 0 bridgehead atoms. The van der Waals surface area contributed by atoms with Crippen molar-refractivity contribution < 1.29 is 17.7 Å². The number of amides is 1. The number of nitrogens with one attached hydrogen (secondary N) is 1. The smallest absolute Gasteiger partial charge is 0.240 e. The second-order valence-corrected chi connectivity index (χ2v) is 7.28. The molecule has 0 aliphatic heterocycles. The molecule has 0 spiro atoms. The normalized spacial score (nSPS) is 12.0. The van der Waals surface area contributed by atoms with E-state index in [9.17, 15) is 13.2 Å². The lowest BCUT2D eigenvalue weighted by Gasteiger charge is -2.18. The summed E-state index contributed by atoms with van der Waals surface area (Å²) >= 11 is 0. The Morgan fingerprint density at radius 3 is 2.64 bits per heavy atom. The Bertz CT molecular complexity index is 829. The highest BCUT2D eigenvalue weighted by Gasteiger charge is 2.22. The van der Waals surface area contributed by atoms with E-state index in [2.05, 4.69) is 10.5 Å². The van der Waals surface area contributed by atoms with Crippen LogP contribution in [0.4, 0.5) is 5.82 Å². The summed E-state index contributed by atoms with van der Waals surface area (Å²) in [6.45, 7) is 3.50. The number of hydrogen-bond donors (Lipinski definition) is 1. The third kappa shape index (κ3) is 5.84. The first-order chi connectivity index (χ1) is 11.9. The van der Waals surface area contributed by atoms with E-state index in [1.54, 1.807) is 25.1 Å². The van der Waals surface area contributed by atoms with Crippen molar-refractivity contribution in [2.24, 2.45) is 0 Å². The SMILES string of the molecule is CCCN(CC(=O)Nc1cc(C)on1)S(=O)(=O)/C=C/c1ccccc1. The van der Waals surface area contributed by atoms with E-state index in [0.29, 0.717) is 12.2 Å². The summed E-state index contributed by atoms with van der Waals surface area (Å²) < 4.78 is 31.0. The van der Waals surface area contributed by atoms with Crippen LogP contribution in [-0.2, 0) is 14.8 Å². The van der Waals surface area contributed by atoms with Crippen LogP contribution < -0.4 is 5.32 Å². The highest BCUT2D eigenvalue weighted by atomic mass is 32.2. The topological polar surface area (TPSA) is 92.5 Å².